The van der Waals surface area contributed by atoms with E-state index in [2.05, 4.69) is 17.2 Å². The van der Waals surface area contributed by atoms with Crippen LogP contribution in [0.4, 0.5) is 0 Å². The largest absolute Gasteiger partial charge is 0.467 e. The van der Waals surface area contributed by atoms with Crippen molar-refractivity contribution in [1.29, 1.82) is 0 Å². The average Bonchev–Trinajstić information content (AvgIpc) is 3.59. The number of aliphatic hydroxyl groups excluding tert-OH is 1. The molecule has 0 spiro atoms. The molecule has 4 N–H and O–H groups in total. The number of hydrogen-bond acceptors (Lipinski definition) is 9. The summed E-state index contributed by atoms with van der Waals surface area (Å²) in [4.78, 5) is 66.6. The van der Waals surface area contributed by atoms with Crippen LogP contribution in [-0.2, 0) is 39.9 Å². The molecule has 256 valence electrons. The summed E-state index contributed by atoms with van der Waals surface area (Å²) in [6.07, 6.45) is 8.20. The van der Waals surface area contributed by atoms with Gasteiger partial charge in [0, 0.05) is 46.7 Å². The lowest BCUT2D eigenvalue weighted by Gasteiger charge is -2.59. The number of nitrogens with one attached hydrogen (secondary N) is 2. The normalized spacial score (nSPS) is 32.8. The molecule has 11 nitrogen and oxygen atoms in total. The summed E-state index contributed by atoms with van der Waals surface area (Å²) in [7, 11) is 1.23. The van der Waals surface area contributed by atoms with Gasteiger partial charge in [0.05, 0.1) is 19.6 Å². The minimum Gasteiger partial charge on any atom is -0.467 e. The standard InChI is InChI=1S/C37H44N2O9/c1-35-14-12-23(40)17-22(35)8-9-25-26-13-15-37(46,36(26,2)18-29(41)33(25)35)30(42)20-48-32(44)11-10-31(43)39-28(34(45)47-3)16-21-19-38-27-7-5-4-6-24(21)27/h4-7,12,14,17,19,25-26,28-29,33,38,41,46H,8-11,13,15-16,18,20H2,1-3H3,(H,39,43)/t25-,26-,28+,29+,33+,35-,36-,37+/m0/s1. The van der Waals surface area contributed by atoms with E-state index >= 15 is 0 Å². The monoisotopic (exact) mass is 660 g/mol. The molecular formula is C37H44N2O9. The number of aromatic nitrogens is 1. The van der Waals surface area contributed by atoms with Crippen molar-refractivity contribution in [3.05, 3.63) is 59.8 Å². The van der Waals surface area contributed by atoms with Crippen molar-refractivity contribution in [2.75, 3.05) is 13.7 Å². The number of hydrogen-bond donors (Lipinski definition) is 4. The van der Waals surface area contributed by atoms with E-state index in [0.29, 0.717) is 12.8 Å². The zero-order chi connectivity index (χ0) is 34.4. The fraction of sp³-hybridized carbons (Fsp3) is 0.541. The van der Waals surface area contributed by atoms with Crippen LogP contribution in [0.3, 0.4) is 0 Å². The number of para-hydroxylation sites is 1. The second kappa shape index (κ2) is 12.7. The molecule has 1 heterocycles. The molecule has 3 fully saturated rings. The third kappa shape index (κ3) is 5.70. The van der Waals surface area contributed by atoms with Gasteiger partial charge in [0.1, 0.15) is 11.6 Å². The summed E-state index contributed by atoms with van der Waals surface area (Å²) in [6, 6.07) is 6.61. The van der Waals surface area contributed by atoms with Crippen LogP contribution >= 0.6 is 0 Å². The summed E-state index contributed by atoms with van der Waals surface area (Å²) in [5, 5.41) is 27.0. The first-order valence-corrected chi connectivity index (χ1v) is 16.8. The van der Waals surface area contributed by atoms with Gasteiger partial charge in [-0.2, -0.15) is 0 Å². The summed E-state index contributed by atoms with van der Waals surface area (Å²) >= 11 is 0. The minimum absolute atomic E-state index is 0.0318. The first-order valence-electron chi connectivity index (χ1n) is 16.8. The maximum atomic E-state index is 13.6. The van der Waals surface area contributed by atoms with E-state index in [1.165, 1.54) is 7.11 Å². The second-order valence-electron chi connectivity index (χ2n) is 14.4. The molecule has 0 bridgehead atoms. The van der Waals surface area contributed by atoms with Gasteiger partial charge in [-0.15, -0.1) is 0 Å². The predicted molar refractivity (Wildman–Crippen MR) is 174 cm³/mol. The van der Waals surface area contributed by atoms with Crippen LogP contribution < -0.4 is 5.32 Å². The van der Waals surface area contributed by atoms with Crippen molar-refractivity contribution in [1.82, 2.24) is 10.3 Å². The SMILES string of the molecule is COC(=O)[C@@H](Cc1c[nH]c2ccccc12)NC(=O)CCC(=O)OCC(=O)[C@]1(O)CC[C@H]2[C@@H]3CCC4=CC(=O)C=C[C@]4(C)[C@H]3[C@H](O)C[C@@]21C. The third-order valence-corrected chi connectivity index (χ3v) is 11.9. The number of benzene rings is 1. The van der Waals surface area contributed by atoms with Gasteiger partial charge in [-0.25, -0.2) is 4.79 Å². The van der Waals surface area contributed by atoms with Gasteiger partial charge < -0.3 is 30.0 Å². The van der Waals surface area contributed by atoms with Gasteiger partial charge in [0.15, 0.2) is 12.4 Å². The van der Waals surface area contributed by atoms with E-state index in [9.17, 15) is 34.2 Å². The minimum atomic E-state index is -1.78. The van der Waals surface area contributed by atoms with E-state index < -0.39 is 58.8 Å². The number of carbonyl (C=O) groups is 5. The van der Waals surface area contributed by atoms with Crippen LogP contribution in [0, 0.1) is 28.6 Å². The van der Waals surface area contributed by atoms with Crippen molar-refractivity contribution in [2.45, 2.75) is 83.0 Å². The maximum Gasteiger partial charge on any atom is 0.328 e. The second-order valence-corrected chi connectivity index (χ2v) is 14.4. The smallest absolute Gasteiger partial charge is 0.328 e. The fourth-order valence-corrected chi connectivity index (χ4v) is 9.46. The number of H-pyrrole nitrogens is 1. The fourth-order valence-electron chi connectivity index (χ4n) is 9.46. The Morgan fingerprint density at radius 2 is 1.90 bits per heavy atom. The highest BCUT2D eigenvalue weighted by Gasteiger charge is 2.68. The zero-order valence-electron chi connectivity index (χ0n) is 27.6. The number of ketones is 2. The van der Waals surface area contributed by atoms with Crippen LogP contribution in [-0.4, -0.2) is 76.1 Å². The number of aromatic amines is 1. The van der Waals surface area contributed by atoms with Gasteiger partial charge in [-0.1, -0.05) is 43.7 Å². The van der Waals surface area contributed by atoms with Gasteiger partial charge >= 0.3 is 11.9 Å². The van der Waals surface area contributed by atoms with E-state index in [0.717, 1.165) is 28.5 Å². The van der Waals surface area contributed by atoms with E-state index in [1.54, 1.807) is 18.3 Å². The molecule has 3 saturated carbocycles. The van der Waals surface area contributed by atoms with Crippen LogP contribution in [0.1, 0.15) is 64.4 Å². The molecule has 2 aromatic rings. The molecule has 0 radical (unpaired) electrons. The number of fused-ring (bicyclic) bond motifs is 6. The Hall–Kier alpha value is -4.09. The Bertz CT molecular complexity index is 1710. The summed E-state index contributed by atoms with van der Waals surface area (Å²) in [6.45, 7) is 3.27. The lowest BCUT2D eigenvalue weighted by molar-refractivity contribution is -0.181. The molecule has 8 atom stereocenters. The van der Waals surface area contributed by atoms with E-state index in [4.69, 9.17) is 9.47 Å². The Labute approximate surface area is 279 Å². The van der Waals surface area contributed by atoms with E-state index in [-0.39, 0.29) is 55.6 Å². The molecule has 1 amide bonds. The van der Waals surface area contributed by atoms with E-state index in [1.807, 2.05) is 37.3 Å². The Balaban J connectivity index is 1.04. The molecule has 1 aromatic carbocycles. The third-order valence-electron chi connectivity index (χ3n) is 11.9. The van der Waals surface area contributed by atoms with Gasteiger partial charge in [-0.3, -0.25) is 19.2 Å². The highest BCUT2D eigenvalue weighted by molar-refractivity contribution is 6.01. The van der Waals surface area contributed by atoms with Crippen LogP contribution in [0.15, 0.2) is 54.3 Å². The predicted octanol–water partition coefficient (Wildman–Crippen LogP) is 3.27. The van der Waals surface area contributed by atoms with Crippen LogP contribution in [0.2, 0.25) is 0 Å². The Kier molecular flexibility index (Phi) is 8.97. The molecule has 48 heavy (non-hydrogen) atoms. The molecule has 4 aliphatic rings. The van der Waals surface area contributed by atoms with Crippen LogP contribution in [0.5, 0.6) is 0 Å². The molecule has 11 heteroatoms. The number of allylic oxidation sites excluding steroid dienone is 4. The van der Waals surface area contributed by atoms with Gasteiger partial charge in [-0.05, 0) is 67.7 Å². The lowest BCUT2D eigenvalue weighted by atomic mass is 9.46. The number of rotatable bonds is 10. The van der Waals surface area contributed by atoms with Crippen molar-refractivity contribution < 1.29 is 43.7 Å². The molecule has 0 aliphatic heterocycles. The summed E-state index contributed by atoms with van der Waals surface area (Å²) < 4.78 is 10.1. The van der Waals surface area contributed by atoms with Gasteiger partial charge in [0.25, 0.3) is 0 Å². The number of methoxy groups -OCH3 is 1. The summed E-state index contributed by atoms with van der Waals surface area (Å²) in [5.74, 6) is -2.74. The van der Waals surface area contributed by atoms with Crippen molar-refractivity contribution in [3.8, 4) is 0 Å². The number of aliphatic hydroxyl groups is 2. The Morgan fingerprint density at radius 3 is 2.67 bits per heavy atom. The molecule has 0 saturated heterocycles. The highest BCUT2D eigenvalue weighted by atomic mass is 16.5. The number of ether oxygens (including phenoxy) is 2. The highest BCUT2D eigenvalue weighted by Crippen LogP contribution is 2.67. The molecule has 0 unspecified atom stereocenters. The number of Topliss-reactive ketones (excluding diaryl/α,β-unsaturated/α-hetero) is 1. The Morgan fingerprint density at radius 1 is 1.12 bits per heavy atom. The first-order chi connectivity index (χ1) is 22.8. The molecule has 1 aromatic heterocycles. The molecular weight excluding hydrogens is 616 g/mol. The van der Waals surface area contributed by atoms with Crippen molar-refractivity contribution >= 4 is 40.3 Å². The maximum absolute atomic E-state index is 13.6. The number of esters is 2. The number of amides is 1. The molecule has 6 rings (SSSR count). The molecule has 4 aliphatic carbocycles. The quantitative estimate of drug-likeness (QED) is 0.279. The number of carbonyl (C=O) groups excluding carboxylic acids is 5. The van der Waals surface area contributed by atoms with Gasteiger partial charge in [0.2, 0.25) is 11.7 Å². The lowest BCUT2D eigenvalue weighted by Crippen LogP contribution is -2.61. The topological polar surface area (TPSA) is 172 Å². The van der Waals surface area contributed by atoms with Crippen LogP contribution in [0.25, 0.3) is 10.9 Å². The van der Waals surface area contributed by atoms with Crippen molar-refractivity contribution in [2.24, 2.45) is 28.6 Å². The summed E-state index contributed by atoms with van der Waals surface area (Å²) in [5.41, 5.74) is -0.424. The van der Waals surface area contributed by atoms with Crippen molar-refractivity contribution in [3.63, 3.8) is 0 Å². The average molecular weight is 661 g/mol. The zero-order valence-corrected chi connectivity index (χ0v) is 27.6. The first kappa shape index (κ1) is 33.8.